The number of para-hydroxylation sites is 1. The van der Waals surface area contributed by atoms with Crippen LogP contribution < -0.4 is 9.64 Å². The van der Waals surface area contributed by atoms with Gasteiger partial charge in [-0.25, -0.2) is 0 Å². The number of rotatable bonds is 8. The second kappa shape index (κ2) is 8.82. The number of carbonyl (C=O) groups is 1. The first-order valence-electron chi connectivity index (χ1n) is 6.82. The maximum atomic E-state index is 12.1. The Bertz CT molecular complexity index is 437. The van der Waals surface area contributed by atoms with E-state index in [1.54, 1.807) is 4.90 Å². The Morgan fingerprint density at radius 2 is 2.05 bits per heavy atom. The van der Waals surface area contributed by atoms with Gasteiger partial charge < -0.3 is 14.4 Å². The Morgan fingerprint density at radius 1 is 1.30 bits per heavy atom. The van der Waals surface area contributed by atoms with Gasteiger partial charge >= 0.3 is 0 Å². The summed E-state index contributed by atoms with van der Waals surface area (Å²) in [5.74, 6) is 0.482. The molecule has 0 spiro atoms. The molecule has 0 aliphatic rings. The van der Waals surface area contributed by atoms with Crippen LogP contribution in [-0.4, -0.2) is 38.2 Å². The molecular weight excluding hydrogens is 278 g/mol. The van der Waals surface area contributed by atoms with Crippen LogP contribution in [0, 0.1) is 6.92 Å². The van der Waals surface area contributed by atoms with Crippen LogP contribution in [-0.2, 0) is 9.53 Å². The van der Waals surface area contributed by atoms with E-state index in [1.165, 1.54) is 0 Å². The van der Waals surface area contributed by atoms with Crippen molar-refractivity contribution in [2.45, 2.75) is 20.8 Å². The number of hydrogen-bond acceptors (Lipinski definition) is 3. The zero-order valence-electron chi connectivity index (χ0n) is 12.3. The highest BCUT2D eigenvalue weighted by atomic mass is 35.5. The first-order valence-corrected chi connectivity index (χ1v) is 7.35. The molecule has 1 amide bonds. The summed E-state index contributed by atoms with van der Waals surface area (Å²) < 4.78 is 11.0. The van der Waals surface area contributed by atoms with E-state index in [-0.39, 0.29) is 11.8 Å². The lowest BCUT2D eigenvalue weighted by atomic mass is 10.1. The fourth-order valence-corrected chi connectivity index (χ4v) is 2.13. The molecule has 0 atom stereocenters. The Balaban J connectivity index is 3.08. The van der Waals surface area contributed by atoms with Crippen molar-refractivity contribution in [1.29, 1.82) is 0 Å². The zero-order chi connectivity index (χ0) is 15.0. The first kappa shape index (κ1) is 16.8. The van der Waals surface area contributed by atoms with Crippen molar-refractivity contribution in [2.75, 3.05) is 37.1 Å². The lowest BCUT2D eigenvalue weighted by molar-refractivity contribution is -0.116. The van der Waals surface area contributed by atoms with Crippen molar-refractivity contribution < 1.29 is 14.3 Å². The summed E-state index contributed by atoms with van der Waals surface area (Å²) in [6, 6.07) is 5.73. The van der Waals surface area contributed by atoms with Crippen LogP contribution in [0.25, 0.3) is 0 Å². The minimum atomic E-state index is -0.151. The maximum absolute atomic E-state index is 12.1. The number of anilines is 1. The van der Waals surface area contributed by atoms with E-state index in [1.807, 2.05) is 39.0 Å². The quantitative estimate of drug-likeness (QED) is 0.547. The van der Waals surface area contributed by atoms with Gasteiger partial charge in [-0.3, -0.25) is 4.79 Å². The van der Waals surface area contributed by atoms with Gasteiger partial charge in [0, 0.05) is 13.2 Å². The minimum absolute atomic E-state index is 0.0635. The van der Waals surface area contributed by atoms with E-state index in [4.69, 9.17) is 21.1 Å². The van der Waals surface area contributed by atoms with Crippen LogP contribution >= 0.6 is 11.6 Å². The molecule has 5 heteroatoms. The van der Waals surface area contributed by atoms with E-state index < -0.39 is 0 Å². The third-order valence-corrected chi connectivity index (χ3v) is 3.08. The number of alkyl halides is 1. The monoisotopic (exact) mass is 299 g/mol. The van der Waals surface area contributed by atoms with Crippen LogP contribution in [0.1, 0.15) is 19.4 Å². The highest BCUT2D eigenvalue weighted by Gasteiger charge is 2.20. The van der Waals surface area contributed by atoms with Crippen molar-refractivity contribution in [3.63, 3.8) is 0 Å². The van der Waals surface area contributed by atoms with Gasteiger partial charge in [0.1, 0.15) is 11.6 Å². The normalized spacial score (nSPS) is 10.4. The lowest BCUT2D eigenvalue weighted by Crippen LogP contribution is -2.35. The van der Waals surface area contributed by atoms with Crippen molar-refractivity contribution in [3.8, 4) is 5.75 Å². The zero-order valence-corrected chi connectivity index (χ0v) is 13.1. The van der Waals surface area contributed by atoms with Gasteiger partial charge in [0.05, 0.1) is 18.9 Å². The van der Waals surface area contributed by atoms with Crippen molar-refractivity contribution in [2.24, 2.45) is 0 Å². The van der Waals surface area contributed by atoms with Crippen LogP contribution in [0.2, 0.25) is 0 Å². The highest BCUT2D eigenvalue weighted by Crippen LogP contribution is 2.32. The molecule has 0 fully saturated rings. The molecule has 0 aliphatic heterocycles. The molecule has 0 saturated carbocycles. The number of aryl methyl sites for hydroxylation is 1. The Labute approximate surface area is 125 Å². The number of nitrogens with zero attached hydrogens (tertiary/aromatic N) is 1. The average molecular weight is 300 g/mol. The Morgan fingerprint density at radius 3 is 2.65 bits per heavy atom. The van der Waals surface area contributed by atoms with Crippen LogP contribution in [0.15, 0.2) is 18.2 Å². The minimum Gasteiger partial charge on any atom is -0.492 e. The second-order valence-corrected chi connectivity index (χ2v) is 4.50. The molecule has 0 radical (unpaired) electrons. The second-order valence-electron chi connectivity index (χ2n) is 4.23. The highest BCUT2D eigenvalue weighted by molar-refractivity contribution is 6.29. The van der Waals surface area contributed by atoms with E-state index in [9.17, 15) is 4.79 Å². The van der Waals surface area contributed by atoms with Crippen LogP contribution in [0.4, 0.5) is 5.69 Å². The molecule has 0 unspecified atom stereocenters. The maximum Gasteiger partial charge on any atom is 0.242 e. The molecule has 1 aromatic carbocycles. The van der Waals surface area contributed by atoms with Crippen LogP contribution in [0.3, 0.4) is 0 Å². The molecule has 0 N–H and O–H groups in total. The number of halogens is 1. The number of ether oxygens (including phenoxy) is 2. The summed E-state index contributed by atoms with van der Waals surface area (Å²) >= 11 is 5.72. The summed E-state index contributed by atoms with van der Waals surface area (Å²) in [7, 11) is 0. The predicted molar refractivity (Wildman–Crippen MR) is 81.9 cm³/mol. The summed E-state index contributed by atoms with van der Waals surface area (Å²) in [6.07, 6.45) is 0. The third-order valence-electron chi connectivity index (χ3n) is 2.85. The van der Waals surface area contributed by atoms with Gasteiger partial charge in [0.2, 0.25) is 5.91 Å². The van der Waals surface area contributed by atoms with E-state index in [2.05, 4.69) is 0 Å². The van der Waals surface area contributed by atoms with Gasteiger partial charge in [-0.15, -0.1) is 11.6 Å². The average Bonchev–Trinajstić information content (AvgIpc) is 2.45. The number of benzene rings is 1. The first-order chi connectivity index (χ1) is 9.65. The van der Waals surface area contributed by atoms with Crippen molar-refractivity contribution >= 4 is 23.2 Å². The molecule has 1 aromatic rings. The Hall–Kier alpha value is -1.26. The fourth-order valence-electron chi connectivity index (χ4n) is 1.98. The summed E-state index contributed by atoms with van der Waals surface area (Å²) in [4.78, 5) is 13.7. The lowest BCUT2D eigenvalue weighted by Gasteiger charge is -2.26. The molecule has 0 saturated heterocycles. The standard InChI is InChI=1S/C15H22ClNO3/c1-4-19-10-9-17(14(18)11-16)15-12(3)7-6-8-13(15)20-5-2/h6-8H,4-5,9-11H2,1-3H3. The van der Waals surface area contributed by atoms with Gasteiger partial charge in [-0.2, -0.15) is 0 Å². The van der Waals surface area contributed by atoms with Gasteiger partial charge in [-0.1, -0.05) is 12.1 Å². The van der Waals surface area contributed by atoms with Gasteiger partial charge in [-0.05, 0) is 32.4 Å². The molecule has 1 rings (SSSR count). The number of amides is 1. The molecule has 0 aliphatic carbocycles. The molecule has 0 aromatic heterocycles. The summed E-state index contributed by atoms with van der Waals surface area (Å²) in [6.45, 7) is 7.89. The van der Waals surface area contributed by atoms with Gasteiger partial charge in [0.15, 0.2) is 0 Å². The molecule has 0 bridgehead atoms. The third kappa shape index (κ3) is 4.39. The largest absolute Gasteiger partial charge is 0.492 e. The fraction of sp³-hybridized carbons (Fsp3) is 0.533. The molecule has 4 nitrogen and oxygen atoms in total. The predicted octanol–water partition coefficient (Wildman–Crippen LogP) is 3.00. The number of hydrogen-bond donors (Lipinski definition) is 0. The topological polar surface area (TPSA) is 38.8 Å². The van der Waals surface area contributed by atoms with E-state index in [0.717, 1.165) is 11.3 Å². The molecule has 20 heavy (non-hydrogen) atoms. The molecule has 112 valence electrons. The molecule has 0 heterocycles. The Kier molecular flexibility index (Phi) is 7.41. The summed E-state index contributed by atoms with van der Waals surface area (Å²) in [5, 5.41) is 0. The van der Waals surface area contributed by atoms with Crippen molar-refractivity contribution in [1.82, 2.24) is 0 Å². The van der Waals surface area contributed by atoms with Crippen LogP contribution in [0.5, 0.6) is 5.75 Å². The SMILES string of the molecule is CCOCCN(C(=O)CCl)c1c(C)cccc1OCC. The smallest absolute Gasteiger partial charge is 0.242 e. The van der Waals surface area contributed by atoms with Crippen molar-refractivity contribution in [3.05, 3.63) is 23.8 Å². The van der Waals surface area contributed by atoms with E-state index in [0.29, 0.717) is 32.1 Å². The number of carbonyl (C=O) groups excluding carboxylic acids is 1. The van der Waals surface area contributed by atoms with E-state index >= 15 is 0 Å². The van der Waals surface area contributed by atoms with Gasteiger partial charge in [0.25, 0.3) is 0 Å². The molecular formula is C15H22ClNO3. The summed E-state index contributed by atoms with van der Waals surface area (Å²) in [5.41, 5.74) is 1.76.